The summed E-state index contributed by atoms with van der Waals surface area (Å²) in [5.74, 6) is -0.884. The first-order chi connectivity index (χ1) is 14.3. The number of halogens is 2. The maximum atomic E-state index is 13.1. The molecule has 3 rings (SSSR count). The summed E-state index contributed by atoms with van der Waals surface area (Å²) < 4.78 is 45.3. The number of nitrogens with one attached hydrogen (secondary N) is 1. The summed E-state index contributed by atoms with van der Waals surface area (Å²) in [7, 11) is -2.36. The van der Waals surface area contributed by atoms with Gasteiger partial charge in [0.2, 0.25) is 0 Å². The Morgan fingerprint density at radius 2 is 1.80 bits per heavy atom. The lowest BCUT2D eigenvalue weighted by molar-refractivity contribution is -0.118. The van der Waals surface area contributed by atoms with E-state index >= 15 is 0 Å². The van der Waals surface area contributed by atoms with Gasteiger partial charge in [0.25, 0.3) is 15.9 Å². The van der Waals surface area contributed by atoms with Crippen LogP contribution in [0.25, 0.3) is 0 Å². The normalized spacial score (nSPS) is 11.0. The van der Waals surface area contributed by atoms with Crippen LogP contribution in [0.15, 0.2) is 77.7 Å². The van der Waals surface area contributed by atoms with E-state index in [9.17, 15) is 17.6 Å². The number of ether oxygens (including phenoxy) is 1. The van der Waals surface area contributed by atoms with E-state index in [4.69, 9.17) is 16.3 Å². The van der Waals surface area contributed by atoms with E-state index in [1.807, 2.05) is 0 Å². The van der Waals surface area contributed by atoms with Crippen LogP contribution in [0.5, 0.6) is 5.75 Å². The molecule has 6 nitrogen and oxygen atoms in total. The third-order valence-electron chi connectivity index (χ3n) is 4.15. The predicted molar refractivity (Wildman–Crippen MR) is 114 cm³/mol. The molecule has 1 amide bonds. The van der Waals surface area contributed by atoms with Gasteiger partial charge in [-0.05, 0) is 48.5 Å². The number of carbonyl (C=O) groups is 1. The summed E-state index contributed by atoms with van der Waals surface area (Å²) in [6, 6.07) is 18.1. The minimum absolute atomic E-state index is 0.0224. The third-order valence-corrected chi connectivity index (χ3v) is 6.23. The first kappa shape index (κ1) is 21.6. The summed E-state index contributed by atoms with van der Waals surface area (Å²) in [6.07, 6.45) is 0. The lowest BCUT2D eigenvalue weighted by Crippen LogP contribution is -2.26. The molecule has 0 aliphatic rings. The molecular weight excluding hydrogens is 431 g/mol. The number of rotatable bonds is 7. The molecule has 0 unspecified atom stereocenters. The number of sulfonamides is 1. The summed E-state index contributed by atoms with van der Waals surface area (Å²) in [5.41, 5.74) is 0.799. The van der Waals surface area contributed by atoms with Gasteiger partial charge >= 0.3 is 0 Å². The Bertz CT molecular complexity index is 1160. The molecule has 0 saturated heterocycles. The van der Waals surface area contributed by atoms with Gasteiger partial charge in [-0.2, -0.15) is 0 Å². The first-order valence-corrected chi connectivity index (χ1v) is 10.6. The number of hydrogen-bond acceptors (Lipinski definition) is 4. The SMILES string of the molecule is CN(c1ccccc1)S(=O)(=O)c1cccc(NC(=O)COc2ccc(F)cc2Cl)c1. The van der Waals surface area contributed by atoms with Crippen molar-refractivity contribution in [2.45, 2.75) is 4.90 Å². The minimum Gasteiger partial charge on any atom is -0.482 e. The molecule has 30 heavy (non-hydrogen) atoms. The average molecular weight is 449 g/mol. The number of nitrogens with zero attached hydrogens (tertiary/aromatic N) is 1. The lowest BCUT2D eigenvalue weighted by atomic mass is 10.3. The van der Waals surface area contributed by atoms with Crippen LogP contribution in [-0.2, 0) is 14.8 Å². The van der Waals surface area contributed by atoms with E-state index < -0.39 is 21.7 Å². The third kappa shape index (κ3) is 5.08. The molecule has 0 radical (unpaired) electrons. The Morgan fingerprint density at radius 1 is 1.07 bits per heavy atom. The van der Waals surface area contributed by atoms with Crippen LogP contribution < -0.4 is 14.4 Å². The van der Waals surface area contributed by atoms with Crippen molar-refractivity contribution in [2.24, 2.45) is 0 Å². The quantitative estimate of drug-likeness (QED) is 0.584. The largest absolute Gasteiger partial charge is 0.482 e. The molecule has 0 atom stereocenters. The Labute approximate surface area is 178 Å². The van der Waals surface area contributed by atoms with Gasteiger partial charge in [-0.25, -0.2) is 12.8 Å². The van der Waals surface area contributed by atoms with Crippen molar-refractivity contribution in [3.63, 3.8) is 0 Å². The fourth-order valence-corrected chi connectivity index (χ4v) is 4.07. The molecule has 1 N–H and O–H groups in total. The Hall–Kier alpha value is -3.10. The zero-order chi connectivity index (χ0) is 21.7. The van der Waals surface area contributed by atoms with Crippen LogP contribution in [0.2, 0.25) is 5.02 Å². The Kier molecular flexibility index (Phi) is 6.59. The summed E-state index contributed by atoms with van der Waals surface area (Å²) in [4.78, 5) is 12.2. The molecule has 0 aromatic heterocycles. The average Bonchev–Trinajstić information content (AvgIpc) is 2.73. The van der Waals surface area contributed by atoms with Crippen molar-refractivity contribution in [3.05, 3.63) is 83.6 Å². The van der Waals surface area contributed by atoms with Gasteiger partial charge in [0.1, 0.15) is 11.6 Å². The van der Waals surface area contributed by atoms with Crippen molar-refractivity contribution in [3.8, 4) is 5.75 Å². The van der Waals surface area contributed by atoms with Gasteiger partial charge in [0.15, 0.2) is 6.61 Å². The highest BCUT2D eigenvalue weighted by atomic mass is 35.5. The van der Waals surface area contributed by atoms with Gasteiger partial charge in [0, 0.05) is 12.7 Å². The zero-order valence-electron chi connectivity index (χ0n) is 15.9. The molecule has 9 heteroatoms. The number of benzene rings is 3. The van der Waals surface area contributed by atoms with Crippen LogP contribution in [-0.4, -0.2) is 28.0 Å². The van der Waals surface area contributed by atoms with E-state index in [0.29, 0.717) is 5.69 Å². The number of hydrogen-bond donors (Lipinski definition) is 1. The molecule has 0 heterocycles. The molecule has 0 aliphatic heterocycles. The summed E-state index contributed by atoms with van der Waals surface area (Å²) in [5, 5.41) is 2.61. The van der Waals surface area contributed by atoms with Crippen LogP contribution in [0.1, 0.15) is 0 Å². The molecule has 3 aromatic carbocycles. The van der Waals surface area contributed by atoms with E-state index in [0.717, 1.165) is 16.4 Å². The first-order valence-electron chi connectivity index (χ1n) is 8.79. The Morgan fingerprint density at radius 3 is 2.50 bits per heavy atom. The predicted octanol–water partition coefficient (Wildman–Crippen LogP) is 4.32. The minimum atomic E-state index is -3.82. The van der Waals surface area contributed by atoms with Crippen molar-refractivity contribution in [1.29, 1.82) is 0 Å². The zero-order valence-corrected chi connectivity index (χ0v) is 17.5. The van der Waals surface area contributed by atoms with Gasteiger partial charge in [-0.1, -0.05) is 35.9 Å². The highest BCUT2D eigenvalue weighted by Gasteiger charge is 2.21. The van der Waals surface area contributed by atoms with Gasteiger partial charge in [-0.15, -0.1) is 0 Å². The summed E-state index contributed by atoms with van der Waals surface area (Å²) >= 11 is 5.86. The Balaban J connectivity index is 1.69. The number of para-hydroxylation sites is 1. The van der Waals surface area contributed by atoms with E-state index in [-0.39, 0.29) is 28.0 Å². The highest BCUT2D eigenvalue weighted by Crippen LogP contribution is 2.25. The fraction of sp³-hybridized carbons (Fsp3) is 0.0952. The van der Waals surface area contributed by atoms with E-state index in [2.05, 4.69) is 5.32 Å². The smallest absolute Gasteiger partial charge is 0.264 e. The number of amides is 1. The van der Waals surface area contributed by atoms with Crippen molar-refractivity contribution < 1.29 is 22.3 Å². The van der Waals surface area contributed by atoms with Crippen LogP contribution in [0.4, 0.5) is 15.8 Å². The molecule has 0 spiro atoms. The second-order valence-electron chi connectivity index (χ2n) is 6.25. The fourth-order valence-electron chi connectivity index (χ4n) is 2.60. The lowest BCUT2D eigenvalue weighted by Gasteiger charge is -2.20. The second-order valence-corrected chi connectivity index (χ2v) is 8.62. The molecule has 0 aliphatic carbocycles. The number of carbonyl (C=O) groups excluding carboxylic acids is 1. The monoisotopic (exact) mass is 448 g/mol. The second kappa shape index (κ2) is 9.15. The molecule has 156 valence electrons. The van der Waals surface area contributed by atoms with Gasteiger partial charge in [-0.3, -0.25) is 9.10 Å². The van der Waals surface area contributed by atoms with Gasteiger partial charge in [0.05, 0.1) is 15.6 Å². The maximum Gasteiger partial charge on any atom is 0.264 e. The number of anilines is 2. The molecule has 0 fully saturated rings. The topological polar surface area (TPSA) is 75.7 Å². The van der Waals surface area contributed by atoms with Crippen molar-refractivity contribution in [2.75, 3.05) is 23.3 Å². The van der Waals surface area contributed by atoms with E-state index in [1.165, 1.54) is 31.3 Å². The molecule has 0 bridgehead atoms. The van der Waals surface area contributed by atoms with Crippen molar-refractivity contribution >= 4 is 38.9 Å². The van der Waals surface area contributed by atoms with Crippen LogP contribution >= 0.6 is 11.6 Å². The standard InChI is InChI=1S/C21H18ClFN2O4S/c1-25(17-7-3-2-4-8-17)30(27,28)18-9-5-6-16(13-18)24-21(26)14-29-20-11-10-15(23)12-19(20)22/h2-13H,14H2,1H3,(H,24,26). The highest BCUT2D eigenvalue weighted by molar-refractivity contribution is 7.92. The maximum absolute atomic E-state index is 13.1. The molecule has 0 saturated carbocycles. The van der Waals surface area contributed by atoms with E-state index in [1.54, 1.807) is 36.4 Å². The molecule has 3 aromatic rings. The van der Waals surface area contributed by atoms with Crippen LogP contribution in [0, 0.1) is 5.82 Å². The van der Waals surface area contributed by atoms with Gasteiger partial charge < -0.3 is 10.1 Å². The molecular formula is C21H18ClFN2O4S. The van der Waals surface area contributed by atoms with Crippen LogP contribution in [0.3, 0.4) is 0 Å². The summed E-state index contributed by atoms with van der Waals surface area (Å²) in [6.45, 7) is -0.383. The van der Waals surface area contributed by atoms with Crippen molar-refractivity contribution in [1.82, 2.24) is 0 Å².